The Morgan fingerprint density at radius 3 is 2.64 bits per heavy atom. The Bertz CT molecular complexity index is 334. The van der Waals surface area contributed by atoms with Gasteiger partial charge < -0.3 is 0 Å². The van der Waals surface area contributed by atoms with E-state index in [0.29, 0.717) is 5.16 Å². The lowest BCUT2D eigenvalue weighted by Crippen LogP contribution is -1.94. The highest BCUT2D eigenvalue weighted by Crippen LogP contribution is 2.19. The van der Waals surface area contributed by atoms with Crippen molar-refractivity contribution in [3.8, 4) is 0 Å². The van der Waals surface area contributed by atoms with Gasteiger partial charge in [-0.3, -0.25) is 0 Å². The Kier molecular flexibility index (Phi) is 3.93. The number of nitrogens with zero attached hydrogens (tertiary/aromatic N) is 4. The molecular formula is C6H7F3N4S. The maximum absolute atomic E-state index is 12.3. The van der Waals surface area contributed by atoms with Crippen molar-refractivity contribution in [1.29, 1.82) is 0 Å². The van der Waals surface area contributed by atoms with Crippen LogP contribution >= 0.6 is 11.8 Å². The molecule has 1 heterocycles. The summed E-state index contributed by atoms with van der Waals surface area (Å²) >= 11 is 1.12. The fourth-order valence-corrected chi connectivity index (χ4v) is 1.45. The summed E-state index contributed by atoms with van der Waals surface area (Å²) in [6.45, 7) is 0. The third-order valence-electron chi connectivity index (χ3n) is 1.34. The number of thioether (sulfide) groups is 1. The second-order valence-electron chi connectivity index (χ2n) is 2.35. The topological polar surface area (TPSA) is 43.6 Å². The summed E-state index contributed by atoms with van der Waals surface area (Å²) < 4.78 is 36.9. The molecule has 0 saturated heterocycles. The van der Waals surface area contributed by atoms with Gasteiger partial charge in [-0.2, -0.15) is 8.78 Å². The van der Waals surface area contributed by atoms with Crippen LogP contribution in [0.3, 0.4) is 0 Å². The molecule has 0 unspecified atom stereocenters. The van der Waals surface area contributed by atoms with Crippen LogP contribution in [0.5, 0.6) is 0 Å². The third-order valence-corrected chi connectivity index (χ3v) is 2.35. The minimum atomic E-state index is -2.26. The van der Waals surface area contributed by atoms with Crippen LogP contribution in [-0.4, -0.2) is 26.0 Å². The Morgan fingerprint density at radius 2 is 2.14 bits per heavy atom. The zero-order valence-electron chi connectivity index (χ0n) is 7.25. The van der Waals surface area contributed by atoms with Crippen molar-refractivity contribution in [2.24, 2.45) is 7.05 Å². The predicted molar refractivity (Wildman–Crippen MR) is 44.5 cm³/mol. The molecule has 0 atom stereocenters. The molecule has 0 radical (unpaired) electrons. The van der Waals surface area contributed by atoms with E-state index < -0.39 is 11.9 Å². The Balaban J connectivity index is 2.36. The number of halogens is 3. The molecule has 78 valence electrons. The number of tetrazole rings is 1. The van der Waals surface area contributed by atoms with Crippen LogP contribution in [0, 0.1) is 0 Å². The van der Waals surface area contributed by atoms with Gasteiger partial charge in [-0.15, -0.1) is 5.10 Å². The van der Waals surface area contributed by atoms with Crippen LogP contribution in [0.25, 0.3) is 0 Å². The molecule has 0 saturated carbocycles. The van der Waals surface area contributed by atoms with Gasteiger partial charge in [0.25, 0.3) is 0 Å². The normalized spacial score (nSPS) is 10.3. The lowest BCUT2D eigenvalue weighted by Gasteiger charge is -1.96. The van der Waals surface area contributed by atoms with Gasteiger partial charge in [0.2, 0.25) is 5.16 Å². The third kappa shape index (κ3) is 3.02. The highest BCUT2D eigenvalue weighted by atomic mass is 32.2. The fourth-order valence-electron chi connectivity index (χ4n) is 0.670. The standard InChI is InChI=1S/C6H7F3N4S/c1-13-6(10-11-12-13)14-3-2-4(7)5(8)9/h2-3H2,1H3. The largest absolute Gasteiger partial charge is 0.301 e. The van der Waals surface area contributed by atoms with Gasteiger partial charge >= 0.3 is 6.08 Å². The number of aryl methyl sites for hydroxylation is 1. The zero-order chi connectivity index (χ0) is 10.6. The smallest absolute Gasteiger partial charge is 0.224 e. The van der Waals surface area contributed by atoms with Crippen molar-refractivity contribution in [3.05, 3.63) is 11.9 Å². The molecule has 8 heteroatoms. The molecular weight excluding hydrogens is 217 g/mol. The molecule has 0 aromatic carbocycles. The molecule has 4 nitrogen and oxygen atoms in total. The summed E-state index contributed by atoms with van der Waals surface area (Å²) in [6, 6.07) is 0. The first-order valence-corrected chi connectivity index (χ1v) is 4.64. The SMILES string of the molecule is Cn1nnnc1SCCC(F)=C(F)F. The summed E-state index contributed by atoms with van der Waals surface area (Å²) in [6.07, 6.45) is -2.58. The van der Waals surface area contributed by atoms with Crippen LogP contribution in [0.4, 0.5) is 13.2 Å². The summed E-state index contributed by atoms with van der Waals surface area (Å²) in [5.74, 6) is -1.20. The average Bonchev–Trinajstić information content (AvgIpc) is 2.51. The fraction of sp³-hybridized carbons (Fsp3) is 0.500. The van der Waals surface area contributed by atoms with E-state index in [1.54, 1.807) is 7.05 Å². The molecule has 0 aliphatic carbocycles. The predicted octanol–water partition coefficient (Wildman–Crippen LogP) is 1.77. The summed E-state index contributed by atoms with van der Waals surface area (Å²) in [4.78, 5) is 0. The van der Waals surface area contributed by atoms with Crippen molar-refractivity contribution >= 4 is 11.8 Å². The number of hydrogen-bond acceptors (Lipinski definition) is 4. The van der Waals surface area contributed by atoms with E-state index in [-0.39, 0.29) is 12.2 Å². The maximum Gasteiger partial charge on any atom is 0.301 e. The average molecular weight is 224 g/mol. The lowest BCUT2D eigenvalue weighted by molar-refractivity contribution is 0.373. The van der Waals surface area contributed by atoms with Gasteiger partial charge in [-0.25, -0.2) is 9.07 Å². The van der Waals surface area contributed by atoms with Crippen LogP contribution in [0.1, 0.15) is 6.42 Å². The summed E-state index contributed by atoms with van der Waals surface area (Å²) in [5.41, 5.74) is 0. The monoisotopic (exact) mass is 224 g/mol. The maximum atomic E-state index is 12.3. The number of aromatic nitrogens is 4. The number of allylic oxidation sites excluding steroid dienone is 1. The zero-order valence-corrected chi connectivity index (χ0v) is 8.06. The van der Waals surface area contributed by atoms with Crippen molar-refractivity contribution < 1.29 is 13.2 Å². The molecule has 0 bridgehead atoms. The molecule has 0 N–H and O–H groups in total. The van der Waals surface area contributed by atoms with Crippen molar-refractivity contribution in [2.75, 3.05) is 5.75 Å². The van der Waals surface area contributed by atoms with Gasteiger partial charge in [0.05, 0.1) is 0 Å². The van der Waals surface area contributed by atoms with Gasteiger partial charge in [-0.1, -0.05) is 11.8 Å². The second kappa shape index (κ2) is 4.99. The van der Waals surface area contributed by atoms with Gasteiger partial charge in [-0.05, 0) is 10.4 Å². The van der Waals surface area contributed by atoms with Crippen molar-refractivity contribution in [1.82, 2.24) is 20.2 Å². The molecule has 0 amide bonds. The summed E-state index contributed by atoms with van der Waals surface area (Å²) in [7, 11) is 1.62. The second-order valence-corrected chi connectivity index (χ2v) is 3.41. The highest BCUT2D eigenvalue weighted by molar-refractivity contribution is 7.99. The Morgan fingerprint density at radius 1 is 1.43 bits per heavy atom. The first-order chi connectivity index (χ1) is 6.61. The van der Waals surface area contributed by atoms with E-state index in [4.69, 9.17) is 0 Å². The van der Waals surface area contributed by atoms with Crippen LogP contribution in [0.15, 0.2) is 17.1 Å². The van der Waals surface area contributed by atoms with E-state index >= 15 is 0 Å². The Labute approximate surface area is 82.2 Å². The molecule has 1 aromatic heterocycles. The van der Waals surface area contributed by atoms with E-state index in [0.717, 1.165) is 11.8 Å². The quantitative estimate of drug-likeness (QED) is 0.731. The van der Waals surface area contributed by atoms with E-state index in [9.17, 15) is 13.2 Å². The number of rotatable bonds is 4. The molecule has 0 spiro atoms. The Hall–Kier alpha value is -1.05. The van der Waals surface area contributed by atoms with Crippen LogP contribution in [-0.2, 0) is 7.05 Å². The van der Waals surface area contributed by atoms with E-state index in [1.165, 1.54) is 4.68 Å². The van der Waals surface area contributed by atoms with Gasteiger partial charge in [0.15, 0.2) is 5.83 Å². The minimum Gasteiger partial charge on any atom is -0.224 e. The molecule has 1 rings (SSSR count). The number of hydrogen-bond donors (Lipinski definition) is 0. The first-order valence-electron chi connectivity index (χ1n) is 3.66. The highest BCUT2D eigenvalue weighted by Gasteiger charge is 2.07. The minimum absolute atomic E-state index is 0.178. The van der Waals surface area contributed by atoms with Crippen LogP contribution in [0.2, 0.25) is 0 Å². The molecule has 0 fully saturated rings. The first kappa shape index (κ1) is 11.0. The van der Waals surface area contributed by atoms with Crippen molar-refractivity contribution in [2.45, 2.75) is 11.6 Å². The van der Waals surface area contributed by atoms with Crippen molar-refractivity contribution in [3.63, 3.8) is 0 Å². The van der Waals surface area contributed by atoms with Crippen LogP contribution < -0.4 is 0 Å². The molecule has 0 aliphatic rings. The molecule has 1 aromatic rings. The van der Waals surface area contributed by atoms with E-state index in [2.05, 4.69) is 15.5 Å². The molecule has 14 heavy (non-hydrogen) atoms. The van der Waals surface area contributed by atoms with E-state index in [1.807, 2.05) is 0 Å². The van der Waals surface area contributed by atoms with Gasteiger partial charge in [0, 0.05) is 19.2 Å². The summed E-state index contributed by atoms with van der Waals surface area (Å²) in [5, 5.41) is 10.9. The lowest BCUT2D eigenvalue weighted by atomic mass is 10.4. The molecule has 0 aliphatic heterocycles. The van der Waals surface area contributed by atoms with Gasteiger partial charge in [0.1, 0.15) is 0 Å².